The first-order valence-corrected chi connectivity index (χ1v) is 7.62. The molecule has 1 aliphatic rings. The van der Waals surface area contributed by atoms with Gasteiger partial charge in [0.2, 0.25) is 10.0 Å². The van der Waals surface area contributed by atoms with Gasteiger partial charge in [-0.2, -0.15) is 4.31 Å². The van der Waals surface area contributed by atoms with Crippen LogP contribution in [0.4, 0.5) is 0 Å². The monoisotopic (exact) mass is 303 g/mol. The molecule has 1 heterocycles. The lowest BCUT2D eigenvalue weighted by Gasteiger charge is -2.16. The molecule has 0 saturated carbocycles. The summed E-state index contributed by atoms with van der Waals surface area (Å²) in [6.07, 6.45) is 0. The average molecular weight is 304 g/mol. The molecule has 5 nitrogen and oxygen atoms in total. The number of carboxylic acids is 1. The van der Waals surface area contributed by atoms with Gasteiger partial charge < -0.3 is 5.11 Å². The normalized spacial score (nSPS) is 24.5. The van der Waals surface area contributed by atoms with E-state index >= 15 is 0 Å². The molecule has 2 rings (SSSR count). The van der Waals surface area contributed by atoms with Crippen molar-refractivity contribution in [3.63, 3.8) is 0 Å². The zero-order valence-electron chi connectivity index (χ0n) is 10.3. The van der Waals surface area contributed by atoms with Crippen LogP contribution in [0.1, 0.15) is 6.92 Å². The Balaban J connectivity index is 2.30. The van der Waals surface area contributed by atoms with Crippen LogP contribution in [-0.2, 0) is 14.8 Å². The number of hydrogen-bond donors (Lipinski definition) is 1. The summed E-state index contributed by atoms with van der Waals surface area (Å²) in [4.78, 5) is 11.1. The van der Waals surface area contributed by atoms with Gasteiger partial charge in [0.15, 0.2) is 0 Å². The van der Waals surface area contributed by atoms with Crippen molar-refractivity contribution < 1.29 is 18.3 Å². The molecule has 1 fully saturated rings. The first-order chi connectivity index (χ1) is 8.82. The number of nitrogens with zero attached hydrogens (tertiary/aromatic N) is 1. The molecule has 0 spiro atoms. The van der Waals surface area contributed by atoms with E-state index in [0.29, 0.717) is 5.02 Å². The van der Waals surface area contributed by atoms with Gasteiger partial charge in [-0.05, 0) is 24.1 Å². The zero-order chi connectivity index (χ0) is 14.2. The third-order valence-corrected chi connectivity index (χ3v) is 5.39. The van der Waals surface area contributed by atoms with E-state index in [4.69, 9.17) is 16.7 Å². The second-order valence-corrected chi connectivity index (χ2v) is 7.08. The van der Waals surface area contributed by atoms with Crippen LogP contribution in [0.15, 0.2) is 29.2 Å². The highest BCUT2D eigenvalue weighted by Gasteiger charge is 2.40. The van der Waals surface area contributed by atoms with E-state index in [1.165, 1.54) is 16.4 Å². The minimum Gasteiger partial charge on any atom is -0.481 e. The maximum Gasteiger partial charge on any atom is 0.308 e. The number of halogens is 1. The third kappa shape index (κ3) is 2.75. The van der Waals surface area contributed by atoms with Crippen LogP contribution >= 0.6 is 11.6 Å². The second kappa shape index (κ2) is 5.11. The van der Waals surface area contributed by atoms with Crippen molar-refractivity contribution in [2.75, 3.05) is 13.1 Å². The second-order valence-electron chi connectivity index (χ2n) is 4.70. The maximum atomic E-state index is 12.4. The van der Waals surface area contributed by atoms with Crippen LogP contribution in [-0.4, -0.2) is 36.9 Å². The highest BCUT2D eigenvalue weighted by atomic mass is 35.5. The quantitative estimate of drug-likeness (QED) is 0.922. The predicted molar refractivity (Wildman–Crippen MR) is 70.5 cm³/mol. The van der Waals surface area contributed by atoms with Gasteiger partial charge in [0.25, 0.3) is 0 Å². The van der Waals surface area contributed by atoms with Crippen molar-refractivity contribution in [2.24, 2.45) is 11.8 Å². The van der Waals surface area contributed by atoms with Crippen molar-refractivity contribution >= 4 is 27.6 Å². The van der Waals surface area contributed by atoms with Crippen LogP contribution < -0.4 is 0 Å². The SMILES string of the molecule is CC1CN(S(=O)(=O)c2cccc(Cl)c2)CC1C(=O)O. The van der Waals surface area contributed by atoms with Gasteiger partial charge in [-0.1, -0.05) is 24.6 Å². The molecule has 1 aromatic carbocycles. The molecule has 1 N–H and O–H groups in total. The van der Waals surface area contributed by atoms with Crippen LogP contribution in [0.2, 0.25) is 5.02 Å². The summed E-state index contributed by atoms with van der Waals surface area (Å²) < 4.78 is 26.0. The molecule has 7 heteroatoms. The van der Waals surface area contributed by atoms with E-state index in [2.05, 4.69) is 0 Å². The number of carbonyl (C=O) groups is 1. The van der Waals surface area contributed by atoms with Crippen molar-refractivity contribution in [3.8, 4) is 0 Å². The van der Waals surface area contributed by atoms with Crippen molar-refractivity contribution in [1.29, 1.82) is 0 Å². The summed E-state index contributed by atoms with van der Waals surface area (Å²) in [5.74, 6) is -1.82. The van der Waals surface area contributed by atoms with E-state index in [9.17, 15) is 13.2 Å². The summed E-state index contributed by atoms with van der Waals surface area (Å²) in [5.41, 5.74) is 0. The summed E-state index contributed by atoms with van der Waals surface area (Å²) in [5, 5.41) is 9.38. The van der Waals surface area contributed by atoms with Gasteiger partial charge in [0.1, 0.15) is 0 Å². The minimum atomic E-state index is -3.68. The summed E-state index contributed by atoms with van der Waals surface area (Å²) in [6, 6.07) is 5.98. The van der Waals surface area contributed by atoms with Crippen LogP contribution in [0.3, 0.4) is 0 Å². The molecule has 2 unspecified atom stereocenters. The minimum absolute atomic E-state index is 0.00530. The van der Waals surface area contributed by atoms with E-state index in [-0.39, 0.29) is 23.9 Å². The fourth-order valence-corrected chi connectivity index (χ4v) is 4.08. The molecule has 19 heavy (non-hydrogen) atoms. The standard InChI is InChI=1S/C12H14ClNO4S/c1-8-6-14(7-11(8)12(15)16)19(17,18)10-4-2-3-9(13)5-10/h2-5,8,11H,6-7H2,1H3,(H,15,16). The molecule has 0 aromatic heterocycles. The topological polar surface area (TPSA) is 74.7 Å². The molecule has 0 amide bonds. The Morgan fingerprint density at radius 3 is 2.63 bits per heavy atom. The molecule has 0 radical (unpaired) electrons. The Labute approximate surface area is 116 Å². The number of carboxylic acid groups (broad SMARTS) is 1. The molecule has 104 valence electrons. The first-order valence-electron chi connectivity index (χ1n) is 5.81. The van der Waals surface area contributed by atoms with Crippen LogP contribution in [0.25, 0.3) is 0 Å². The number of aliphatic carboxylic acids is 1. The molecule has 0 bridgehead atoms. The number of hydrogen-bond acceptors (Lipinski definition) is 3. The molecule has 2 atom stereocenters. The molecular formula is C12H14ClNO4S. The van der Waals surface area contributed by atoms with Gasteiger partial charge in [-0.3, -0.25) is 4.79 Å². The number of sulfonamides is 1. The van der Waals surface area contributed by atoms with E-state index in [0.717, 1.165) is 0 Å². The highest BCUT2D eigenvalue weighted by molar-refractivity contribution is 7.89. The van der Waals surface area contributed by atoms with Crippen LogP contribution in [0, 0.1) is 11.8 Å². The van der Waals surface area contributed by atoms with Gasteiger partial charge in [-0.25, -0.2) is 8.42 Å². The van der Waals surface area contributed by atoms with Gasteiger partial charge in [0, 0.05) is 18.1 Å². The summed E-state index contributed by atoms with van der Waals surface area (Å²) in [7, 11) is -3.68. The Morgan fingerprint density at radius 1 is 1.42 bits per heavy atom. The third-order valence-electron chi connectivity index (χ3n) is 3.33. The lowest BCUT2D eigenvalue weighted by Crippen LogP contribution is -2.30. The zero-order valence-corrected chi connectivity index (χ0v) is 11.9. The van der Waals surface area contributed by atoms with E-state index < -0.39 is 21.9 Å². The summed E-state index contributed by atoms with van der Waals surface area (Å²) in [6.45, 7) is 1.96. The number of benzene rings is 1. The average Bonchev–Trinajstić information content (AvgIpc) is 2.72. The molecule has 1 aliphatic heterocycles. The van der Waals surface area contributed by atoms with Crippen molar-refractivity contribution in [3.05, 3.63) is 29.3 Å². The Bertz CT molecular complexity index is 602. The fraction of sp³-hybridized carbons (Fsp3) is 0.417. The first kappa shape index (κ1) is 14.3. The molecule has 0 aliphatic carbocycles. The Morgan fingerprint density at radius 2 is 2.11 bits per heavy atom. The maximum absolute atomic E-state index is 12.4. The Kier molecular flexibility index (Phi) is 3.85. The van der Waals surface area contributed by atoms with Gasteiger partial charge in [0.05, 0.1) is 10.8 Å². The van der Waals surface area contributed by atoms with E-state index in [1.54, 1.807) is 19.1 Å². The lowest BCUT2D eigenvalue weighted by atomic mass is 9.99. The highest BCUT2D eigenvalue weighted by Crippen LogP contribution is 2.29. The van der Waals surface area contributed by atoms with Crippen molar-refractivity contribution in [2.45, 2.75) is 11.8 Å². The van der Waals surface area contributed by atoms with Gasteiger partial charge >= 0.3 is 5.97 Å². The Hall–Kier alpha value is -1.11. The smallest absolute Gasteiger partial charge is 0.308 e. The lowest BCUT2D eigenvalue weighted by molar-refractivity contribution is -0.142. The predicted octanol–water partition coefficient (Wildman–Crippen LogP) is 1.68. The molecule has 1 saturated heterocycles. The van der Waals surface area contributed by atoms with E-state index in [1.807, 2.05) is 0 Å². The van der Waals surface area contributed by atoms with Gasteiger partial charge in [-0.15, -0.1) is 0 Å². The molecule has 1 aromatic rings. The fourth-order valence-electron chi connectivity index (χ4n) is 2.22. The molecular weight excluding hydrogens is 290 g/mol. The summed E-state index contributed by atoms with van der Waals surface area (Å²) >= 11 is 5.79. The number of rotatable bonds is 3. The van der Waals surface area contributed by atoms with Crippen LogP contribution in [0.5, 0.6) is 0 Å². The van der Waals surface area contributed by atoms with Crippen molar-refractivity contribution in [1.82, 2.24) is 4.31 Å². The largest absolute Gasteiger partial charge is 0.481 e.